The molecule has 2 aliphatic carbocycles. The summed E-state index contributed by atoms with van der Waals surface area (Å²) in [5.41, 5.74) is -0.505. The summed E-state index contributed by atoms with van der Waals surface area (Å²) in [6.07, 6.45) is 8.40. The van der Waals surface area contributed by atoms with Crippen LogP contribution in [0.15, 0.2) is 30.4 Å². The number of amides is 4. The van der Waals surface area contributed by atoms with Crippen molar-refractivity contribution in [3.63, 3.8) is 0 Å². The summed E-state index contributed by atoms with van der Waals surface area (Å²) in [4.78, 5) is 64.5. The number of ether oxygens (including phenoxy) is 2. The molecule has 0 unspecified atom stereocenters. The monoisotopic (exact) mass is 807 g/mol. The molecular weight excluding hydrogens is 751 g/mol. The molecule has 1 aromatic heterocycles. The minimum absolute atomic E-state index is 0.0113. The highest BCUT2D eigenvalue weighted by atomic mass is 32.2. The Balaban J connectivity index is 1.28. The SMILES string of the molecule is CCc1nc2ccc(OC)cc2c2c1O[C@]1(CC2)C[C@H]2C(=O)N[C@]3(C(=O)NS(=O)(=O)C4(C)CC4)C[C@H]3/C=C\CCCCC[C@H](N(CC(C)(C)C)C(=O)O)C(=O)N2C1. The van der Waals surface area contributed by atoms with Crippen LogP contribution in [0.1, 0.15) is 110 Å². The number of carboxylic acid groups (broad SMARTS) is 1. The first-order valence-corrected chi connectivity index (χ1v) is 21.9. The van der Waals surface area contributed by atoms with Crippen molar-refractivity contribution in [1.29, 1.82) is 0 Å². The van der Waals surface area contributed by atoms with Crippen LogP contribution in [0.2, 0.25) is 0 Å². The fourth-order valence-corrected chi connectivity index (χ4v) is 10.2. The number of allylic oxidation sites excluding steroid dienone is 1. The third-order valence-electron chi connectivity index (χ3n) is 12.7. The maximum absolute atomic E-state index is 15.1. The lowest BCUT2D eigenvalue weighted by molar-refractivity contribution is -0.143. The number of methoxy groups -OCH3 is 1. The summed E-state index contributed by atoms with van der Waals surface area (Å²) >= 11 is 0. The van der Waals surface area contributed by atoms with Gasteiger partial charge in [-0.1, -0.05) is 52.7 Å². The van der Waals surface area contributed by atoms with E-state index in [4.69, 9.17) is 14.5 Å². The van der Waals surface area contributed by atoms with Gasteiger partial charge in [-0.2, -0.15) is 0 Å². The number of rotatable bonds is 7. The summed E-state index contributed by atoms with van der Waals surface area (Å²) in [6, 6.07) is 3.52. The fraction of sp³-hybridized carbons (Fsp3) is 0.643. The van der Waals surface area contributed by atoms with Crippen molar-refractivity contribution in [2.45, 2.75) is 140 Å². The van der Waals surface area contributed by atoms with Crippen LogP contribution in [0.25, 0.3) is 10.9 Å². The van der Waals surface area contributed by atoms with Crippen LogP contribution >= 0.6 is 0 Å². The van der Waals surface area contributed by atoms with Gasteiger partial charge in [0.05, 0.1) is 29.6 Å². The van der Waals surface area contributed by atoms with E-state index in [1.54, 1.807) is 14.0 Å². The highest BCUT2D eigenvalue weighted by Gasteiger charge is 2.64. The van der Waals surface area contributed by atoms with Gasteiger partial charge in [0, 0.05) is 29.8 Å². The first kappa shape index (κ1) is 40.8. The third-order valence-corrected chi connectivity index (χ3v) is 14.8. The molecule has 0 bridgehead atoms. The molecule has 5 atom stereocenters. The molecule has 57 heavy (non-hydrogen) atoms. The molecule has 4 heterocycles. The molecule has 0 radical (unpaired) electrons. The van der Waals surface area contributed by atoms with E-state index in [1.807, 2.05) is 58.0 Å². The summed E-state index contributed by atoms with van der Waals surface area (Å²) < 4.78 is 40.3. The van der Waals surface area contributed by atoms with Crippen LogP contribution < -0.4 is 19.5 Å². The second kappa shape index (κ2) is 14.8. The second-order valence-corrected chi connectivity index (χ2v) is 20.5. The number of carbonyl (C=O) groups excluding carboxylic acids is 3. The van der Waals surface area contributed by atoms with Crippen molar-refractivity contribution in [2.24, 2.45) is 11.3 Å². The molecule has 3 fully saturated rings. The van der Waals surface area contributed by atoms with Gasteiger partial charge in [0.1, 0.15) is 34.7 Å². The van der Waals surface area contributed by atoms with E-state index < -0.39 is 73.1 Å². The van der Waals surface area contributed by atoms with Gasteiger partial charge in [-0.05, 0) is 88.3 Å². The summed E-state index contributed by atoms with van der Waals surface area (Å²) in [5.74, 6) is -1.06. The Morgan fingerprint density at radius 3 is 2.56 bits per heavy atom. The maximum Gasteiger partial charge on any atom is 0.407 e. The van der Waals surface area contributed by atoms with Crippen molar-refractivity contribution >= 4 is 44.7 Å². The number of aryl methyl sites for hydroxylation is 2. The molecule has 2 aromatic rings. The van der Waals surface area contributed by atoms with E-state index in [0.29, 0.717) is 56.4 Å². The van der Waals surface area contributed by atoms with Crippen molar-refractivity contribution in [3.8, 4) is 11.5 Å². The highest BCUT2D eigenvalue weighted by Crippen LogP contribution is 2.49. The molecule has 310 valence electrons. The minimum atomic E-state index is -4.01. The summed E-state index contributed by atoms with van der Waals surface area (Å²) in [6.45, 7) is 9.45. The quantitative estimate of drug-likeness (QED) is 0.312. The number of pyridine rings is 1. The van der Waals surface area contributed by atoms with Crippen molar-refractivity contribution < 1.29 is 42.2 Å². The van der Waals surface area contributed by atoms with Gasteiger partial charge in [0.25, 0.3) is 5.91 Å². The number of sulfonamides is 1. The lowest BCUT2D eigenvalue weighted by Gasteiger charge is -2.38. The Morgan fingerprint density at radius 1 is 1.14 bits per heavy atom. The van der Waals surface area contributed by atoms with Crippen LogP contribution in [-0.4, -0.2) is 100 Å². The van der Waals surface area contributed by atoms with E-state index in [2.05, 4.69) is 10.0 Å². The number of nitrogens with zero attached hydrogens (tertiary/aromatic N) is 3. The molecular formula is C42H57N5O9S. The number of carbonyl (C=O) groups is 4. The van der Waals surface area contributed by atoms with Gasteiger partial charge in [-0.3, -0.25) is 24.0 Å². The van der Waals surface area contributed by atoms with Gasteiger partial charge in [0.15, 0.2) is 0 Å². The second-order valence-electron chi connectivity index (χ2n) is 18.3. The Bertz CT molecular complexity index is 2110. The molecule has 3 aliphatic heterocycles. The zero-order valence-electron chi connectivity index (χ0n) is 34.0. The Labute approximate surface area is 335 Å². The normalized spacial score (nSPS) is 29.1. The third kappa shape index (κ3) is 7.80. The van der Waals surface area contributed by atoms with Gasteiger partial charge >= 0.3 is 6.09 Å². The number of nitrogens with one attached hydrogen (secondary N) is 2. The van der Waals surface area contributed by atoms with E-state index in [9.17, 15) is 27.9 Å². The standard InChI is InChI=1S/C42H57N5O9S/c1-7-30-34-28(29-21-27(55-6)15-16-31(29)43-30)17-18-41(56-34)23-33-35(48)44-42(37(50)45-57(53,54)40(5)19-20-40)22-26(42)13-11-9-8-10-12-14-32(36(49)46(33)25-41)47(38(51)52)24-39(2,3)4/h11,13,15-16,21,26,32-33H,7-10,12,14,17-20,22-25H2,1-6H3,(H,44,48)(H,45,50)(H,51,52)/b13-11-/t26-,32+,33+,41-,42-/m1/s1. The first-order chi connectivity index (χ1) is 26.8. The molecule has 3 N–H and O–H groups in total. The van der Waals surface area contributed by atoms with Gasteiger partial charge in [0.2, 0.25) is 21.8 Å². The molecule has 4 amide bonds. The Kier molecular flexibility index (Phi) is 10.6. The van der Waals surface area contributed by atoms with Gasteiger partial charge < -0.3 is 24.8 Å². The minimum Gasteiger partial charge on any atom is -0.497 e. The van der Waals surface area contributed by atoms with Crippen LogP contribution in [0.4, 0.5) is 4.79 Å². The van der Waals surface area contributed by atoms with Gasteiger partial charge in [-0.25, -0.2) is 18.2 Å². The lowest BCUT2D eigenvalue weighted by Crippen LogP contribution is -2.59. The molecule has 14 nitrogen and oxygen atoms in total. The van der Waals surface area contributed by atoms with Crippen molar-refractivity contribution in [1.82, 2.24) is 24.8 Å². The maximum atomic E-state index is 15.1. The fourth-order valence-electron chi connectivity index (χ4n) is 8.90. The molecule has 1 spiro atoms. The average molecular weight is 808 g/mol. The number of hydrogen-bond donors (Lipinski definition) is 3. The van der Waals surface area contributed by atoms with E-state index in [0.717, 1.165) is 35.0 Å². The topological polar surface area (TPSA) is 185 Å². The predicted molar refractivity (Wildman–Crippen MR) is 213 cm³/mol. The summed E-state index contributed by atoms with van der Waals surface area (Å²) in [7, 11) is -2.40. The molecule has 1 saturated heterocycles. The average Bonchev–Trinajstić information content (AvgIpc) is 4.05. The lowest BCUT2D eigenvalue weighted by atomic mass is 9.87. The van der Waals surface area contributed by atoms with Crippen LogP contribution in [0.5, 0.6) is 11.5 Å². The van der Waals surface area contributed by atoms with E-state index in [1.165, 1.54) is 9.80 Å². The smallest absolute Gasteiger partial charge is 0.407 e. The largest absolute Gasteiger partial charge is 0.497 e. The number of fused-ring (bicyclic) bond motifs is 5. The molecule has 5 aliphatic rings. The van der Waals surface area contributed by atoms with Crippen LogP contribution in [0, 0.1) is 11.3 Å². The van der Waals surface area contributed by atoms with Crippen LogP contribution in [-0.2, 0) is 37.2 Å². The number of hydrogen-bond acceptors (Lipinski definition) is 9. The Morgan fingerprint density at radius 2 is 1.89 bits per heavy atom. The number of aromatic nitrogens is 1. The van der Waals surface area contributed by atoms with Crippen LogP contribution in [0.3, 0.4) is 0 Å². The Hall–Kier alpha value is -4.40. The molecule has 15 heteroatoms. The number of benzene rings is 1. The molecule has 7 rings (SSSR count). The van der Waals surface area contributed by atoms with Crippen molar-refractivity contribution in [2.75, 3.05) is 20.2 Å². The summed E-state index contributed by atoms with van der Waals surface area (Å²) in [5, 5.41) is 14.4. The van der Waals surface area contributed by atoms with E-state index in [-0.39, 0.29) is 32.4 Å². The van der Waals surface area contributed by atoms with E-state index >= 15 is 4.79 Å². The zero-order chi connectivity index (χ0) is 41.1. The van der Waals surface area contributed by atoms with Crippen molar-refractivity contribution in [3.05, 3.63) is 41.6 Å². The zero-order valence-corrected chi connectivity index (χ0v) is 34.8. The first-order valence-electron chi connectivity index (χ1n) is 20.4. The van der Waals surface area contributed by atoms with Gasteiger partial charge in [-0.15, -0.1) is 0 Å². The molecule has 1 aromatic carbocycles. The predicted octanol–water partition coefficient (Wildman–Crippen LogP) is 5.26. The highest BCUT2D eigenvalue weighted by molar-refractivity contribution is 7.91. The molecule has 2 saturated carbocycles.